The molecule has 0 radical (unpaired) electrons. The third-order valence-corrected chi connectivity index (χ3v) is 7.03. The molecule has 1 aliphatic heterocycles. The van der Waals surface area contributed by atoms with Crippen molar-refractivity contribution in [1.82, 2.24) is 30.1 Å². The van der Waals surface area contributed by atoms with Crippen molar-refractivity contribution < 1.29 is 19.0 Å². The Morgan fingerprint density at radius 2 is 2.03 bits per heavy atom. The van der Waals surface area contributed by atoms with Crippen molar-refractivity contribution in [3.8, 4) is 11.5 Å². The topological polar surface area (TPSA) is 124 Å². The Bertz CT molecular complexity index is 1430. The van der Waals surface area contributed by atoms with Gasteiger partial charge in [-0.1, -0.05) is 13.0 Å². The van der Waals surface area contributed by atoms with Crippen LogP contribution >= 0.6 is 11.3 Å². The number of nitrogens with zero attached hydrogens (tertiary/aromatic N) is 5. The van der Waals surface area contributed by atoms with Crippen molar-refractivity contribution in [2.24, 2.45) is 0 Å². The van der Waals surface area contributed by atoms with Crippen molar-refractivity contribution in [2.45, 2.75) is 45.9 Å². The van der Waals surface area contributed by atoms with Gasteiger partial charge in [0.15, 0.2) is 17.3 Å². The normalized spacial score (nSPS) is 13.7. The summed E-state index contributed by atoms with van der Waals surface area (Å²) >= 11 is 1.64. The van der Waals surface area contributed by atoms with Gasteiger partial charge in [-0.2, -0.15) is 0 Å². The molecular weight excluding hydrogens is 496 g/mol. The smallest absolute Gasteiger partial charge is 0.327 e. The molecule has 4 aromatic rings. The van der Waals surface area contributed by atoms with Crippen LogP contribution in [0.3, 0.4) is 0 Å². The van der Waals surface area contributed by atoms with Crippen LogP contribution in [0.4, 0.5) is 0 Å². The first-order chi connectivity index (χ1) is 18.1. The van der Waals surface area contributed by atoms with Crippen LogP contribution in [0.1, 0.15) is 42.6 Å². The quantitative estimate of drug-likeness (QED) is 0.312. The van der Waals surface area contributed by atoms with E-state index in [1.165, 1.54) is 4.68 Å². The minimum Gasteiger partial charge on any atom is -0.486 e. The second kappa shape index (κ2) is 11.1. The molecule has 0 saturated carbocycles. The molecule has 37 heavy (non-hydrogen) atoms. The van der Waals surface area contributed by atoms with Crippen molar-refractivity contribution >= 4 is 28.2 Å². The maximum atomic E-state index is 13.2. The zero-order chi connectivity index (χ0) is 25.8. The van der Waals surface area contributed by atoms with Crippen LogP contribution in [0.15, 0.2) is 40.5 Å². The second-order valence-electron chi connectivity index (χ2n) is 8.61. The molecule has 5 rings (SSSR count). The molecule has 1 N–H and O–H groups in total. The highest BCUT2D eigenvalue weighted by atomic mass is 32.1. The summed E-state index contributed by atoms with van der Waals surface area (Å²) in [6, 6.07) is 9.39. The molecule has 1 aliphatic rings. The third kappa shape index (κ3) is 5.49. The van der Waals surface area contributed by atoms with E-state index in [1.807, 2.05) is 30.5 Å². The van der Waals surface area contributed by atoms with Crippen LogP contribution in [0.25, 0.3) is 10.9 Å². The molecule has 0 bridgehead atoms. The lowest BCUT2D eigenvalue weighted by Gasteiger charge is -2.29. The van der Waals surface area contributed by atoms with Gasteiger partial charge in [-0.15, -0.1) is 16.4 Å². The van der Waals surface area contributed by atoms with Gasteiger partial charge in [-0.3, -0.25) is 14.5 Å². The third-order valence-electron chi connectivity index (χ3n) is 6.17. The van der Waals surface area contributed by atoms with Crippen LogP contribution in [0, 0.1) is 0 Å². The number of ether oxygens (including phenoxy) is 3. The van der Waals surface area contributed by atoms with E-state index >= 15 is 0 Å². The standard InChI is InChI=1S/C25H28N6O5S/c1-3-20(24-27-28-29-31(24)15-23(32)34-4-2)30(14-18-6-5-9-37-18)13-17-10-16-11-21-22(36-8-7-35-21)12-19(16)26-25(17)33/h5-6,9-12,20H,3-4,7-8,13-15H2,1-2H3,(H,26,33). The van der Waals surface area contributed by atoms with E-state index < -0.39 is 5.97 Å². The summed E-state index contributed by atoms with van der Waals surface area (Å²) in [6.07, 6.45) is 0.665. The summed E-state index contributed by atoms with van der Waals surface area (Å²) in [5.41, 5.74) is 1.11. The first kappa shape index (κ1) is 24.9. The number of fused-ring (bicyclic) bond motifs is 2. The molecule has 0 amide bonds. The van der Waals surface area contributed by atoms with Gasteiger partial charge in [0.2, 0.25) is 0 Å². The number of benzene rings is 1. The number of aromatic amines is 1. The number of hydrogen-bond acceptors (Lipinski definition) is 10. The summed E-state index contributed by atoms with van der Waals surface area (Å²) in [6.45, 7) is 5.89. The molecule has 0 aliphatic carbocycles. The molecule has 11 nitrogen and oxygen atoms in total. The lowest BCUT2D eigenvalue weighted by Crippen LogP contribution is -2.32. The Labute approximate surface area is 217 Å². The number of pyridine rings is 1. The van der Waals surface area contributed by atoms with Crippen molar-refractivity contribution in [1.29, 1.82) is 0 Å². The largest absolute Gasteiger partial charge is 0.486 e. The number of rotatable bonds is 10. The number of tetrazole rings is 1. The molecule has 4 heterocycles. The Balaban J connectivity index is 1.49. The van der Waals surface area contributed by atoms with Crippen LogP contribution in [-0.4, -0.2) is 55.9 Å². The number of aromatic nitrogens is 5. The van der Waals surface area contributed by atoms with Gasteiger partial charge in [0, 0.05) is 35.0 Å². The van der Waals surface area contributed by atoms with Crippen LogP contribution in [0.5, 0.6) is 11.5 Å². The van der Waals surface area contributed by atoms with Gasteiger partial charge in [-0.05, 0) is 47.4 Å². The Morgan fingerprint density at radius 1 is 1.22 bits per heavy atom. The second-order valence-corrected chi connectivity index (χ2v) is 9.65. The SMILES string of the molecule is CCOC(=O)Cn1nnnc1C(CC)N(Cc1cccs1)Cc1cc2cc3c(cc2[nH]c1=O)OCCO3. The fourth-order valence-corrected chi connectivity index (χ4v) is 5.23. The maximum Gasteiger partial charge on any atom is 0.327 e. The van der Waals surface area contributed by atoms with Gasteiger partial charge in [0.25, 0.3) is 5.56 Å². The van der Waals surface area contributed by atoms with Gasteiger partial charge in [0.1, 0.15) is 19.8 Å². The molecule has 3 aromatic heterocycles. The lowest BCUT2D eigenvalue weighted by atomic mass is 10.1. The van der Waals surface area contributed by atoms with E-state index in [9.17, 15) is 9.59 Å². The van der Waals surface area contributed by atoms with Crippen molar-refractivity contribution in [3.05, 3.63) is 62.3 Å². The molecule has 1 aromatic carbocycles. The number of carbonyl (C=O) groups excluding carboxylic acids is 1. The van der Waals surface area contributed by atoms with Crippen LogP contribution < -0.4 is 15.0 Å². The first-order valence-corrected chi connectivity index (χ1v) is 13.1. The predicted molar refractivity (Wildman–Crippen MR) is 137 cm³/mol. The number of hydrogen-bond donors (Lipinski definition) is 1. The summed E-state index contributed by atoms with van der Waals surface area (Å²) in [4.78, 5) is 31.6. The minimum absolute atomic E-state index is 0.0801. The van der Waals surface area contributed by atoms with E-state index in [1.54, 1.807) is 24.3 Å². The van der Waals surface area contributed by atoms with Crippen LogP contribution in [-0.2, 0) is 29.2 Å². The predicted octanol–water partition coefficient (Wildman–Crippen LogP) is 3.06. The summed E-state index contributed by atoms with van der Waals surface area (Å²) < 4.78 is 18.0. The first-order valence-electron chi connectivity index (χ1n) is 12.2. The minimum atomic E-state index is -0.406. The van der Waals surface area contributed by atoms with E-state index in [2.05, 4.69) is 31.5 Å². The highest BCUT2D eigenvalue weighted by Gasteiger charge is 2.27. The van der Waals surface area contributed by atoms with E-state index in [0.717, 1.165) is 10.3 Å². The number of carbonyl (C=O) groups is 1. The van der Waals surface area contributed by atoms with Gasteiger partial charge in [0.05, 0.1) is 18.2 Å². The zero-order valence-electron chi connectivity index (χ0n) is 20.7. The molecule has 194 valence electrons. The highest BCUT2D eigenvalue weighted by Crippen LogP contribution is 2.34. The molecule has 0 spiro atoms. The molecule has 1 unspecified atom stereocenters. The fraction of sp³-hybridized carbons (Fsp3) is 0.400. The summed E-state index contributed by atoms with van der Waals surface area (Å²) in [5, 5.41) is 15.0. The van der Waals surface area contributed by atoms with Crippen molar-refractivity contribution in [2.75, 3.05) is 19.8 Å². The number of thiophene rings is 1. The van der Waals surface area contributed by atoms with Crippen molar-refractivity contribution in [3.63, 3.8) is 0 Å². The van der Waals surface area contributed by atoms with Crippen LogP contribution in [0.2, 0.25) is 0 Å². The molecular formula is C25H28N6O5S. The summed E-state index contributed by atoms with van der Waals surface area (Å²) in [5.74, 6) is 1.43. The van der Waals surface area contributed by atoms with Gasteiger partial charge in [-0.25, -0.2) is 4.68 Å². The Morgan fingerprint density at radius 3 is 2.76 bits per heavy atom. The van der Waals surface area contributed by atoms with E-state index in [0.29, 0.717) is 61.1 Å². The average Bonchev–Trinajstić information content (AvgIpc) is 3.56. The highest BCUT2D eigenvalue weighted by molar-refractivity contribution is 7.09. The molecule has 12 heteroatoms. The molecule has 0 fully saturated rings. The van der Waals surface area contributed by atoms with E-state index in [4.69, 9.17) is 14.2 Å². The van der Waals surface area contributed by atoms with Gasteiger partial charge < -0.3 is 19.2 Å². The number of nitrogens with one attached hydrogen (secondary N) is 1. The average molecular weight is 525 g/mol. The number of H-pyrrole nitrogens is 1. The Kier molecular flexibility index (Phi) is 7.47. The molecule has 1 atom stereocenters. The molecule has 0 saturated heterocycles. The zero-order valence-corrected chi connectivity index (χ0v) is 21.5. The summed E-state index contributed by atoms with van der Waals surface area (Å²) in [7, 11) is 0. The Hall–Kier alpha value is -3.77. The lowest BCUT2D eigenvalue weighted by molar-refractivity contribution is -0.144. The van der Waals surface area contributed by atoms with Gasteiger partial charge >= 0.3 is 5.97 Å². The van der Waals surface area contributed by atoms with E-state index in [-0.39, 0.29) is 24.8 Å². The fourth-order valence-electron chi connectivity index (χ4n) is 4.50. The number of esters is 1. The maximum absolute atomic E-state index is 13.2. The monoisotopic (exact) mass is 524 g/mol.